The van der Waals surface area contributed by atoms with E-state index in [1.807, 2.05) is 0 Å². The minimum Gasteiger partial charge on any atom is -0.463 e. The summed E-state index contributed by atoms with van der Waals surface area (Å²) in [6.07, 6.45) is -7.34. The van der Waals surface area contributed by atoms with E-state index in [2.05, 4.69) is 10.6 Å². The van der Waals surface area contributed by atoms with E-state index in [0.717, 1.165) is 10.1 Å². The van der Waals surface area contributed by atoms with Crippen molar-refractivity contribution in [1.29, 1.82) is 0 Å². The molecule has 0 fully saturated rings. The topological polar surface area (TPSA) is 123 Å². The molecule has 0 saturated heterocycles. The van der Waals surface area contributed by atoms with E-state index in [-0.39, 0.29) is 23.7 Å². The lowest BCUT2D eigenvalue weighted by molar-refractivity contribution is -0.215. The third kappa shape index (κ3) is 7.23. The van der Waals surface area contributed by atoms with Gasteiger partial charge in [-0.15, -0.1) is 0 Å². The van der Waals surface area contributed by atoms with Gasteiger partial charge in [0.15, 0.2) is 6.10 Å². The third-order valence-electron chi connectivity index (χ3n) is 5.42. The molecule has 0 saturated carbocycles. The Hall–Kier alpha value is -4.06. The summed E-state index contributed by atoms with van der Waals surface area (Å²) in [5.74, 6) is -1.52. The minimum absolute atomic E-state index is 0.0497. The second kappa shape index (κ2) is 11.8. The number of carbonyl (C=O) groups excluding carboxylic acids is 2. The normalized spacial score (nSPS) is 13.2. The predicted octanol–water partition coefficient (Wildman–Crippen LogP) is 3.92. The Morgan fingerprint density at radius 2 is 1.78 bits per heavy atom. The van der Waals surface area contributed by atoms with Gasteiger partial charge in [-0.25, -0.2) is 4.79 Å². The fourth-order valence-electron chi connectivity index (χ4n) is 3.53. The van der Waals surface area contributed by atoms with Crippen molar-refractivity contribution in [3.63, 3.8) is 0 Å². The van der Waals surface area contributed by atoms with Gasteiger partial charge in [0, 0.05) is 0 Å². The first kappa shape index (κ1) is 27.5. The molecular weight excluding hydrogens is 495 g/mol. The van der Waals surface area contributed by atoms with Crippen molar-refractivity contribution in [2.24, 2.45) is 5.92 Å². The second-order valence-electron chi connectivity index (χ2n) is 8.51. The first-order chi connectivity index (χ1) is 17.5. The molecule has 0 aliphatic heterocycles. The van der Waals surface area contributed by atoms with Gasteiger partial charge in [-0.3, -0.25) is 19.5 Å². The van der Waals surface area contributed by atoms with Gasteiger partial charge in [-0.1, -0.05) is 44.2 Å². The highest BCUT2D eigenvalue weighted by Crippen LogP contribution is 2.26. The number of alkyl halides is 3. The number of aliphatic hydroxyl groups is 1. The molecule has 0 spiro atoms. The Bertz CT molecular complexity index is 1260. The van der Waals surface area contributed by atoms with Crippen LogP contribution >= 0.6 is 0 Å². The van der Waals surface area contributed by atoms with Crippen LogP contribution in [0.3, 0.4) is 0 Å². The number of furan rings is 1. The van der Waals surface area contributed by atoms with Crippen molar-refractivity contribution in [2.45, 2.75) is 45.3 Å². The number of anilines is 1. The summed E-state index contributed by atoms with van der Waals surface area (Å²) in [6, 6.07) is 13.0. The van der Waals surface area contributed by atoms with Gasteiger partial charge < -0.3 is 19.6 Å². The molecule has 2 amide bonds. The highest BCUT2D eigenvalue weighted by Gasteiger charge is 2.45. The first-order valence-corrected chi connectivity index (χ1v) is 11.3. The third-order valence-corrected chi connectivity index (χ3v) is 5.42. The number of ether oxygens (including phenoxy) is 1. The molecular formula is C25H26F3N3O6. The zero-order chi connectivity index (χ0) is 27.2. The lowest BCUT2D eigenvalue weighted by atomic mass is 9.98. The number of nitrogens with one attached hydrogen (secondary N) is 2. The number of aromatic nitrogens is 1. The number of halogens is 3. The number of pyridine rings is 1. The van der Waals surface area contributed by atoms with Crippen molar-refractivity contribution in [2.75, 3.05) is 5.32 Å². The van der Waals surface area contributed by atoms with E-state index in [1.54, 1.807) is 36.4 Å². The molecule has 0 aliphatic rings. The fraction of sp³-hybridized carbons (Fsp3) is 0.320. The highest BCUT2D eigenvalue weighted by molar-refractivity contribution is 5.85. The van der Waals surface area contributed by atoms with Crippen LogP contribution in [0.2, 0.25) is 0 Å². The number of aliphatic hydroxyl groups excluding tert-OH is 1. The SMILES string of the molecule is CC(C)C(NC(=O)Cn1c(-c2ccco2)ccc(NC(=O)OCc2ccccc2)c1=O)C(O)C(F)(F)F. The zero-order valence-corrected chi connectivity index (χ0v) is 20.0. The smallest absolute Gasteiger partial charge is 0.416 e. The van der Waals surface area contributed by atoms with Gasteiger partial charge in [0.2, 0.25) is 5.91 Å². The molecule has 12 heteroatoms. The quantitative estimate of drug-likeness (QED) is 0.392. The molecule has 3 rings (SSSR count). The van der Waals surface area contributed by atoms with Crippen molar-refractivity contribution >= 4 is 17.7 Å². The van der Waals surface area contributed by atoms with E-state index in [0.29, 0.717) is 0 Å². The lowest BCUT2D eigenvalue weighted by Crippen LogP contribution is -2.53. The average molecular weight is 521 g/mol. The van der Waals surface area contributed by atoms with E-state index < -0.39 is 48.3 Å². The van der Waals surface area contributed by atoms with Crippen LogP contribution in [0.1, 0.15) is 19.4 Å². The van der Waals surface area contributed by atoms with E-state index in [1.165, 1.54) is 38.3 Å². The van der Waals surface area contributed by atoms with Gasteiger partial charge in [0.05, 0.1) is 18.0 Å². The van der Waals surface area contributed by atoms with Crippen LogP contribution in [-0.4, -0.2) is 40.0 Å². The van der Waals surface area contributed by atoms with Crippen LogP contribution in [0.5, 0.6) is 0 Å². The van der Waals surface area contributed by atoms with Crippen LogP contribution in [0.15, 0.2) is 70.1 Å². The van der Waals surface area contributed by atoms with Gasteiger partial charge in [0.25, 0.3) is 5.56 Å². The summed E-state index contributed by atoms with van der Waals surface area (Å²) in [6.45, 7) is 2.06. The number of nitrogens with zero attached hydrogens (tertiary/aromatic N) is 1. The van der Waals surface area contributed by atoms with Crippen LogP contribution in [0.4, 0.5) is 23.7 Å². The number of rotatable bonds is 9. The van der Waals surface area contributed by atoms with Crippen molar-refractivity contribution in [3.8, 4) is 11.5 Å². The Morgan fingerprint density at radius 3 is 2.38 bits per heavy atom. The molecule has 0 radical (unpaired) electrons. The molecule has 1 aromatic carbocycles. The van der Waals surface area contributed by atoms with E-state index >= 15 is 0 Å². The molecule has 2 unspecified atom stereocenters. The van der Waals surface area contributed by atoms with Crippen LogP contribution in [-0.2, 0) is 22.7 Å². The molecule has 3 N–H and O–H groups in total. The zero-order valence-electron chi connectivity index (χ0n) is 20.0. The largest absolute Gasteiger partial charge is 0.463 e. The Balaban J connectivity index is 1.83. The molecule has 37 heavy (non-hydrogen) atoms. The number of benzene rings is 1. The van der Waals surface area contributed by atoms with Gasteiger partial charge in [-0.05, 0) is 35.7 Å². The summed E-state index contributed by atoms with van der Waals surface area (Å²) in [5, 5.41) is 14.2. The molecule has 3 aromatic rings. The predicted molar refractivity (Wildman–Crippen MR) is 127 cm³/mol. The molecule has 0 bridgehead atoms. The molecule has 2 atom stereocenters. The van der Waals surface area contributed by atoms with Crippen molar-refractivity contribution < 1.29 is 37.0 Å². The van der Waals surface area contributed by atoms with Gasteiger partial charge in [-0.2, -0.15) is 13.2 Å². The number of carbonyl (C=O) groups is 2. The highest BCUT2D eigenvalue weighted by atomic mass is 19.4. The van der Waals surface area contributed by atoms with Crippen LogP contribution < -0.4 is 16.2 Å². The van der Waals surface area contributed by atoms with Crippen LogP contribution in [0.25, 0.3) is 11.5 Å². The summed E-state index contributed by atoms with van der Waals surface area (Å²) in [7, 11) is 0. The standard InChI is InChI=1S/C25H26F3N3O6/c1-15(2)21(22(33)25(26,27)28)30-20(32)13-31-18(19-9-6-12-36-19)11-10-17(23(31)34)29-24(35)37-14-16-7-4-3-5-8-16/h3-12,15,21-22,33H,13-14H2,1-2H3,(H,29,35)(H,30,32). The maximum absolute atomic E-state index is 13.2. The van der Waals surface area contributed by atoms with Gasteiger partial charge in [0.1, 0.15) is 24.6 Å². The maximum Gasteiger partial charge on any atom is 0.416 e. The Kier molecular flexibility index (Phi) is 8.77. The van der Waals surface area contributed by atoms with E-state index in [4.69, 9.17) is 9.15 Å². The number of hydrogen-bond donors (Lipinski definition) is 3. The van der Waals surface area contributed by atoms with Crippen molar-refractivity contribution in [3.05, 3.63) is 76.8 Å². The monoisotopic (exact) mass is 521 g/mol. The molecule has 198 valence electrons. The lowest BCUT2D eigenvalue weighted by Gasteiger charge is -2.29. The summed E-state index contributed by atoms with van der Waals surface area (Å²) in [5.41, 5.74) is -0.179. The maximum atomic E-state index is 13.2. The Morgan fingerprint density at radius 1 is 1.08 bits per heavy atom. The number of hydrogen-bond acceptors (Lipinski definition) is 6. The summed E-state index contributed by atoms with van der Waals surface area (Å²) >= 11 is 0. The fourth-order valence-corrected chi connectivity index (χ4v) is 3.53. The molecule has 2 aromatic heterocycles. The molecule has 2 heterocycles. The molecule has 0 aliphatic carbocycles. The van der Waals surface area contributed by atoms with Crippen molar-refractivity contribution in [1.82, 2.24) is 9.88 Å². The summed E-state index contributed by atoms with van der Waals surface area (Å²) < 4.78 is 50.6. The average Bonchev–Trinajstić information content (AvgIpc) is 3.38. The first-order valence-electron chi connectivity index (χ1n) is 11.3. The number of amides is 2. The Labute approximate surface area is 209 Å². The minimum atomic E-state index is -4.96. The second-order valence-corrected chi connectivity index (χ2v) is 8.51. The van der Waals surface area contributed by atoms with Crippen LogP contribution in [0, 0.1) is 5.92 Å². The van der Waals surface area contributed by atoms with Gasteiger partial charge >= 0.3 is 12.3 Å². The summed E-state index contributed by atoms with van der Waals surface area (Å²) in [4.78, 5) is 38.2. The van der Waals surface area contributed by atoms with E-state index in [9.17, 15) is 32.7 Å². The molecule has 9 nitrogen and oxygen atoms in total.